The van der Waals surface area contributed by atoms with Gasteiger partial charge >= 0.3 is 0 Å². The molecule has 2 heterocycles. The van der Waals surface area contributed by atoms with Gasteiger partial charge in [0.1, 0.15) is 11.2 Å². The monoisotopic (exact) mass is 434 g/mol. The van der Waals surface area contributed by atoms with Crippen LogP contribution in [0.4, 0.5) is 0 Å². The minimum Gasteiger partial charge on any atom is -0.471 e. The molecule has 4 nitrogen and oxygen atoms in total. The molecule has 0 unspecified atom stereocenters. The van der Waals surface area contributed by atoms with E-state index in [9.17, 15) is 0 Å². The van der Waals surface area contributed by atoms with Crippen molar-refractivity contribution in [3.05, 3.63) is 0 Å². The Morgan fingerprint density at radius 1 is 0.613 bits per heavy atom. The molecule has 2 rings (SSSR count). The van der Waals surface area contributed by atoms with E-state index >= 15 is 0 Å². The van der Waals surface area contributed by atoms with Crippen molar-refractivity contribution in [2.75, 3.05) is 0 Å². The lowest BCUT2D eigenvalue weighted by molar-refractivity contribution is -0.0632. The molecule has 180 valence electrons. The first kappa shape index (κ1) is 26.2. The molecule has 4 heteroatoms. The average molecular weight is 435 g/mol. The number of rotatable bonds is 6. The summed E-state index contributed by atoms with van der Waals surface area (Å²) < 4.78 is 13.5. The predicted molar refractivity (Wildman–Crippen MR) is 133 cm³/mol. The fourth-order valence-corrected chi connectivity index (χ4v) is 6.16. The van der Waals surface area contributed by atoms with Crippen LogP contribution in [0.1, 0.15) is 103 Å². The first-order valence-electron chi connectivity index (χ1n) is 12.4. The molecule has 0 aromatic carbocycles. The van der Waals surface area contributed by atoms with Crippen LogP contribution in [0, 0.1) is 34.5 Å². The molecule has 2 atom stereocenters. The van der Waals surface area contributed by atoms with Crippen molar-refractivity contribution in [1.82, 2.24) is 0 Å². The number of ether oxygens (including phenoxy) is 2. The normalized spacial score (nSPS) is 25.9. The van der Waals surface area contributed by atoms with E-state index in [4.69, 9.17) is 19.5 Å². The zero-order valence-corrected chi connectivity index (χ0v) is 22.9. The summed E-state index contributed by atoms with van der Waals surface area (Å²) in [6.45, 7) is 31.7. The third kappa shape index (κ3) is 4.42. The van der Waals surface area contributed by atoms with Crippen LogP contribution in [-0.2, 0) is 9.47 Å². The first-order valence-corrected chi connectivity index (χ1v) is 12.4. The highest BCUT2D eigenvalue weighted by Gasteiger charge is 2.58. The minimum absolute atomic E-state index is 0.0161. The van der Waals surface area contributed by atoms with Crippen LogP contribution in [-0.4, -0.2) is 35.1 Å². The Kier molecular flexibility index (Phi) is 7.08. The molecule has 0 bridgehead atoms. The van der Waals surface area contributed by atoms with E-state index in [-0.39, 0.29) is 34.1 Å². The van der Waals surface area contributed by atoms with Gasteiger partial charge in [-0.15, -0.1) is 0 Å². The predicted octanol–water partition coefficient (Wildman–Crippen LogP) is 7.16. The zero-order valence-electron chi connectivity index (χ0n) is 22.9. The molecule has 2 aliphatic heterocycles. The highest BCUT2D eigenvalue weighted by molar-refractivity contribution is 5.99. The van der Waals surface area contributed by atoms with Crippen LogP contribution < -0.4 is 0 Å². The molecule has 0 aromatic rings. The van der Waals surface area contributed by atoms with Gasteiger partial charge in [0.2, 0.25) is 0 Å². The lowest BCUT2D eigenvalue weighted by atomic mass is 9.67. The van der Waals surface area contributed by atoms with E-state index in [1.807, 2.05) is 0 Å². The molecule has 0 radical (unpaired) electrons. The van der Waals surface area contributed by atoms with E-state index in [0.717, 1.165) is 11.8 Å². The molecule has 0 aliphatic carbocycles. The molecular weight excluding hydrogens is 384 g/mol. The van der Waals surface area contributed by atoms with Gasteiger partial charge in [-0.2, -0.15) is 0 Å². The summed E-state index contributed by atoms with van der Waals surface area (Å²) in [6, 6.07) is 0.214. The van der Waals surface area contributed by atoms with Crippen molar-refractivity contribution in [2.24, 2.45) is 44.5 Å². The van der Waals surface area contributed by atoms with Gasteiger partial charge in [-0.05, 0) is 34.5 Å². The molecule has 0 aromatic heterocycles. The van der Waals surface area contributed by atoms with Crippen LogP contribution in [0.2, 0.25) is 0 Å². The van der Waals surface area contributed by atoms with Crippen LogP contribution in [0.15, 0.2) is 9.98 Å². The zero-order chi connectivity index (χ0) is 24.2. The molecule has 0 saturated carbocycles. The highest BCUT2D eigenvalue weighted by atomic mass is 16.5. The molecule has 0 N–H and O–H groups in total. The Bertz CT molecular complexity index is 626. The molecule has 0 spiro atoms. The molecule has 0 amide bonds. The lowest BCUT2D eigenvalue weighted by Crippen LogP contribution is -2.55. The summed E-state index contributed by atoms with van der Waals surface area (Å²) in [5.74, 6) is 3.01. The standard InChI is InChI=1S/C27H50N2O2/c1-16(2)26(17(3)4)22(24(9,10)11)28-20(30-26)15-21-29-23(25(12,13)14)27(31-21,18(5)6)19(7)8/h16-19,22-23H,15H2,1-14H3/t22-,23-/m1/s1. The Balaban J connectivity index is 2.44. The van der Waals surface area contributed by atoms with Gasteiger partial charge in [-0.3, -0.25) is 0 Å². The van der Waals surface area contributed by atoms with Crippen LogP contribution in [0.25, 0.3) is 0 Å². The maximum Gasteiger partial charge on any atom is 0.193 e. The Labute approximate surface area is 192 Å². The van der Waals surface area contributed by atoms with Crippen molar-refractivity contribution in [3.63, 3.8) is 0 Å². The number of hydrogen-bond acceptors (Lipinski definition) is 4. The maximum atomic E-state index is 6.77. The second-order valence-electron chi connectivity index (χ2n) is 13.3. The van der Waals surface area contributed by atoms with Crippen molar-refractivity contribution in [1.29, 1.82) is 0 Å². The summed E-state index contributed by atoms with van der Waals surface area (Å²) in [5.41, 5.74) is -0.572. The van der Waals surface area contributed by atoms with Gasteiger partial charge in [0, 0.05) is 0 Å². The number of aliphatic imine (C=N–C) groups is 2. The Hall–Kier alpha value is -1.06. The van der Waals surface area contributed by atoms with E-state index < -0.39 is 0 Å². The maximum absolute atomic E-state index is 6.77. The number of nitrogens with zero attached hydrogens (tertiary/aromatic N) is 2. The van der Waals surface area contributed by atoms with Crippen LogP contribution in [0.5, 0.6) is 0 Å². The topological polar surface area (TPSA) is 43.2 Å². The van der Waals surface area contributed by atoms with E-state index in [2.05, 4.69) is 96.9 Å². The Morgan fingerprint density at radius 3 is 1.03 bits per heavy atom. The van der Waals surface area contributed by atoms with Gasteiger partial charge in [0.15, 0.2) is 11.8 Å². The van der Waals surface area contributed by atoms with Gasteiger partial charge in [0.25, 0.3) is 0 Å². The third-order valence-electron chi connectivity index (χ3n) is 7.54. The smallest absolute Gasteiger partial charge is 0.193 e. The summed E-state index contributed by atoms with van der Waals surface area (Å²) in [7, 11) is 0. The second-order valence-corrected chi connectivity index (χ2v) is 13.3. The minimum atomic E-state index is -0.302. The van der Waals surface area contributed by atoms with Gasteiger partial charge in [0.05, 0.1) is 18.5 Å². The van der Waals surface area contributed by atoms with E-state index in [1.54, 1.807) is 0 Å². The number of hydrogen-bond donors (Lipinski definition) is 0. The first-order chi connectivity index (χ1) is 13.9. The van der Waals surface area contributed by atoms with Crippen molar-refractivity contribution in [2.45, 2.75) is 127 Å². The molecule has 31 heavy (non-hydrogen) atoms. The highest BCUT2D eigenvalue weighted by Crippen LogP contribution is 2.49. The second kappa shape index (κ2) is 8.37. The molecule has 0 saturated heterocycles. The summed E-state index contributed by atoms with van der Waals surface area (Å²) in [6.07, 6.45) is 0.543. The van der Waals surface area contributed by atoms with Crippen LogP contribution in [0.3, 0.4) is 0 Å². The molecule has 0 fully saturated rings. The average Bonchev–Trinajstić information content (AvgIpc) is 3.15. The molecular formula is C27H50N2O2. The third-order valence-corrected chi connectivity index (χ3v) is 7.54. The summed E-state index contributed by atoms with van der Waals surface area (Å²) >= 11 is 0. The van der Waals surface area contributed by atoms with E-state index in [0.29, 0.717) is 30.1 Å². The SMILES string of the molecule is CC(C)C1(C(C)C)OC(CC2=N[C@H](C(C)(C)C)C(C(C)C)(C(C)C)O2)=N[C@@H]1C(C)(C)C. The fourth-order valence-electron chi connectivity index (χ4n) is 6.16. The lowest BCUT2D eigenvalue weighted by Gasteiger charge is -2.45. The largest absolute Gasteiger partial charge is 0.471 e. The van der Waals surface area contributed by atoms with Crippen molar-refractivity contribution in [3.8, 4) is 0 Å². The van der Waals surface area contributed by atoms with Crippen LogP contribution >= 0.6 is 0 Å². The van der Waals surface area contributed by atoms with Gasteiger partial charge in [-0.25, -0.2) is 9.98 Å². The van der Waals surface area contributed by atoms with Crippen molar-refractivity contribution < 1.29 is 9.47 Å². The quantitative estimate of drug-likeness (QED) is 0.445. The summed E-state index contributed by atoms with van der Waals surface area (Å²) in [5, 5.41) is 0. The van der Waals surface area contributed by atoms with Gasteiger partial charge in [-0.1, -0.05) is 96.9 Å². The summed E-state index contributed by atoms with van der Waals surface area (Å²) in [4.78, 5) is 10.4. The van der Waals surface area contributed by atoms with Crippen molar-refractivity contribution >= 4 is 11.8 Å². The Morgan fingerprint density at radius 2 is 0.871 bits per heavy atom. The van der Waals surface area contributed by atoms with E-state index in [1.165, 1.54) is 0 Å². The molecule has 2 aliphatic rings. The van der Waals surface area contributed by atoms with Gasteiger partial charge < -0.3 is 9.47 Å². The fraction of sp³-hybridized carbons (Fsp3) is 0.926.